The molecule has 4 heteroatoms. The normalized spacial score (nSPS) is 9.00. The van der Waals surface area contributed by atoms with E-state index in [1.165, 1.54) is 0 Å². The Kier molecular flexibility index (Phi) is 21.6. The Bertz CT molecular complexity index is 19.2. The van der Waals surface area contributed by atoms with E-state index in [-0.39, 0.29) is 23.0 Å². The summed E-state index contributed by atoms with van der Waals surface area (Å²) in [5.74, 6) is 0. The predicted octanol–water partition coefficient (Wildman–Crippen LogP) is -1.26. The maximum Gasteiger partial charge on any atom is 0.157 e. The first-order valence-corrected chi connectivity index (χ1v) is 4.53. The van der Waals surface area contributed by atoms with E-state index in [1.807, 2.05) is 0 Å². The van der Waals surface area contributed by atoms with E-state index in [0.29, 0.717) is 0 Å². The van der Waals surface area contributed by atoms with E-state index >= 15 is 0 Å². The van der Waals surface area contributed by atoms with Gasteiger partial charge in [-0.1, -0.05) is 6.55 Å². The molecule has 0 fully saturated rings. The summed E-state index contributed by atoms with van der Waals surface area (Å²) in [6, 6.07) is 0. The summed E-state index contributed by atoms with van der Waals surface area (Å²) in [4.78, 5) is 0. The molecule has 3 nitrogen and oxygen atoms in total. The van der Waals surface area contributed by atoms with Crippen molar-refractivity contribution in [2.75, 3.05) is 20.3 Å². The Labute approximate surface area is 52.2 Å². The second kappa shape index (κ2) is 15.7. The molecule has 0 amide bonds. The molecule has 0 aliphatic carbocycles. The van der Waals surface area contributed by atoms with Gasteiger partial charge in [0.05, 0.1) is 13.2 Å². The van der Waals surface area contributed by atoms with Crippen LogP contribution in [0.2, 0.25) is 6.55 Å². The van der Waals surface area contributed by atoms with Crippen molar-refractivity contribution in [1.29, 1.82) is 0 Å². The van der Waals surface area contributed by atoms with Gasteiger partial charge in [0.2, 0.25) is 0 Å². The first-order chi connectivity index (χ1) is 3.83. The van der Waals surface area contributed by atoms with Gasteiger partial charge in [-0.3, -0.25) is 0 Å². The van der Waals surface area contributed by atoms with Crippen molar-refractivity contribution in [2.45, 2.75) is 6.55 Å². The van der Waals surface area contributed by atoms with Gasteiger partial charge in [-0.15, -0.1) is 0 Å². The molecular weight excluding hydrogens is 124 g/mol. The molecule has 0 aliphatic rings. The average molecular weight is 138 g/mol. The van der Waals surface area contributed by atoms with Gasteiger partial charge in [-0.2, -0.15) is 0 Å². The van der Waals surface area contributed by atoms with Gasteiger partial charge in [0.15, 0.2) is 9.76 Å². The third-order valence-corrected chi connectivity index (χ3v) is 0.966. The Hall–Kier alpha value is 0.0969. The van der Waals surface area contributed by atoms with Crippen LogP contribution in [0.4, 0.5) is 0 Å². The van der Waals surface area contributed by atoms with Gasteiger partial charge in [0, 0.05) is 7.11 Å². The maximum absolute atomic E-state index is 7.62. The molecule has 2 N–H and O–H groups in total. The van der Waals surface area contributed by atoms with E-state index < -0.39 is 0 Å². The van der Waals surface area contributed by atoms with E-state index in [2.05, 4.69) is 11.0 Å². The summed E-state index contributed by atoms with van der Waals surface area (Å²) < 4.78 is 4.68. The minimum atomic E-state index is -0.125. The fourth-order valence-corrected chi connectivity index (χ4v) is 0. The minimum Gasteiger partial charge on any atom is -0.427 e. The Morgan fingerprint density at radius 2 is 1.62 bits per heavy atom. The van der Waals surface area contributed by atoms with E-state index in [4.69, 9.17) is 10.2 Å². The lowest BCUT2D eigenvalue weighted by molar-refractivity contribution is 0.186. The molecule has 0 aromatic carbocycles. The molecule has 0 heterocycles. The van der Waals surface area contributed by atoms with Crippen molar-refractivity contribution < 1.29 is 14.6 Å². The SMILES string of the molecule is CO[SiH2]C.OCCO. The van der Waals surface area contributed by atoms with Crippen LogP contribution < -0.4 is 0 Å². The average Bonchev–Trinajstić information content (AvgIpc) is 1.88. The molecule has 0 saturated carbocycles. The van der Waals surface area contributed by atoms with Gasteiger partial charge in [0.1, 0.15) is 0 Å². The van der Waals surface area contributed by atoms with E-state index in [0.717, 1.165) is 0 Å². The monoisotopic (exact) mass is 138 g/mol. The van der Waals surface area contributed by atoms with Gasteiger partial charge < -0.3 is 14.6 Å². The number of rotatable bonds is 2. The number of hydrogen-bond donors (Lipinski definition) is 2. The van der Waals surface area contributed by atoms with Gasteiger partial charge in [0.25, 0.3) is 0 Å². The smallest absolute Gasteiger partial charge is 0.157 e. The largest absolute Gasteiger partial charge is 0.427 e. The fourth-order valence-electron chi connectivity index (χ4n) is 0. The third-order valence-electron chi connectivity index (χ3n) is 0.389. The molecule has 0 aromatic rings. The first kappa shape index (κ1) is 11.0. The van der Waals surface area contributed by atoms with Crippen molar-refractivity contribution in [3.63, 3.8) is 0 Å². The zero-order chi connectivity index (χ0) is 6.83. The molecule has 0 unspecified atom stereocenters. The molecular formula is C4H14O3Si. The van der Waals surface area contributed by atoms with Crippen LogP contribution in [0.25, 0.3) is 0 Å². The van der Waals surface area contributed by atoms with Gasteiger partial charge in [-0.05, 0) is 0 Å². The van der Waals surface area contributed by atoms with Crippen molar-refractivity contribution in [3.8, 4) is 0 Å². The highest BCUT2D eigenvalue weighted by Crippen LogP contribution is 1.47. The lowest BCUT2D eigenvalue weighted by atomic mass is 10.8. The summed E-state index contributed by atoms with van der Waals surface area (Å²) in [6.45, 7) is 1.85. The Morgan fingerprint density at radius 3 is 1.62 bits per heavy atom. The standard InChI is InChI=1S/C2H6O2.C2H8OSi/c3-1-2-4;1-3-4-2/h3-4H,1-2H2;4H2,1-2H3. The molecule has 0 bridgehead atoms. The van der Waals surface area contributed by atoms with Gasteiger partial charge >= 0.3 is 0 Å². The Morgan fingerprint density at radius 1 is 1.38 bits per heavy atom. The van der Waals surface area contributed by atoms with Crippen LogP contribution >= 0.6 is 0 Å². The van der Waals surface area contributed by atoms with Crippen molar-refractivity contribution in [2.24, 2.45) is 0 Å². The summed E-state index contributed by atoms with van der Waals surface area (Å²) in [5, 5.41) is 15.2. The zero-order valence-electron chi connectivity index (χ0n) is 5.42. The molecule has 0 rings (SSSR count). The molecule has 0 saturated heterocycles. The number of hydrogen-bond acceptors (Lipinski definition) is 3. The van der Waals surface area contributed by atoms with Crippen LogP contribution in [0.1, 0.15) is 0 Å². The third kappa shape index (κ3) is 36.0. The molecule has 0 radical (unpaired) electrons. The molecule has 0 atom stereocenters. The predicted molar refractivity (Wildman–Crippen MR) is 35.6 cm³/mol. The van der Waals surface area contributed by atoms with E-state index in [9.17, 15) is 0 Å². The van der Waals surface area contributed by atoms with Crippen LogP contribution in [0.5, 0.6) is 0 Å². The maximum atomic E-state index is 7.62. The van der Waals surface area contributed by atoms with Crippen LogP contribution in [0.15, 0.2) is 0 Å². The summed E-state index contributed by atoms with van der Waals surface area (Å²) in [5.41, 5.74) is 0. The first-order valence-electron chi connectivity index (χ1n) is 2.54. The molecule has 52 valence electrons. The Balaban J connectivity index is 0. The molecule has 8 heavy (non-hydrogen) atoms. The van der Waals surface area contributed by atoms with E-state index in [1.54, 1.807) is 7.11 Å². The highest BCUT2D eigenvalue weighted by Gasteiger charge is 1.58. The topological polar surface area (TPSA) is 49.7 Å². The number of aliphatic hydroxyl groups is 2. The molecule has 0 aromatic heterocycles. The second-order valence-corrected chi connectivity index (χ2v) is 2.18. The number of aliphatic hydroxyl groups excluding tert-OH is 2. The highest BCUT2D eigenvalue weighted by molar-refractivity contribution is 6.24. The quantitative estimate of drug-likeness (QED) is 0.468. The second-order valence-electron chi connectivity index (χ2n) is 1.02. The zero-order valence-corrected chi connectivity index (χ0v) is 6.84. The van der Waals surface area contributed by atoms with Gasteiger partial charge in [-0.25, -0.2) is 0 Å². The summed E-state index contributed by atoms with van der Waals surface area (Å²) in [7, 11) is 1.67. The fraction of sp³-hybridized carbons (Fsp3) is 1.00. The van der Waals surface area contributed by atoms with Crippen LogP contribution in [-0.2, 0) is 4.43 Å². The highest BCUT2D eigenvalue weighted by atomic mass is 28.2. The molecule has 0 aliphatic heterocycles. The van der Waals surface area contributed by atoms with Crippen LogP contribution in [0, 0.1) is 0 Å². The molecule has 0 spiro atoms. The minimum absolute atomic E-state index is 0.0756. The lowest BCUT2D eigenvalue weighted by Crippen LogP contribution is -1.85. The summed E-state index contributed by atoms with van der Waals surface area (Å²) in [6.07, 6.45) is 0. The summed E-state index contributed by atoms with van der Waals surface area (Å²) >= 11 is 0. The van der Waals surface area contributed by atoms with Crippen LogP contribution in [0.3, 0.4) is 0 Å². The van der Waals surface area contributed by atoms with Crippen LogP contribution in [-0.4, -0.2) is 40.3 Å². The van der Waals surface area contributed by atoms with Crippen molar-refractivity contribution >= 4 is 9.76 Å². The van der Waals surface area contributed by atoms with Crippen molar-refractivity contribution in [1.82, 2.24) is 0 Å². The lowest BCUT2D eigenvalue weighted by Gasteiger charge is -1.75. The van der Waals surface area contributed by atoms with Crippen molar-refractivity contribution in [3.05, 3.63) is 0 Å².